The summed E-state index contributed by atoms with van der Waals surface area (Å²) in [6, 6.07) is -0.308. The van der Waals surface area contributed by atoms with Crippen LogP contribution in [-0.4, -0.2) is 55.2 Å². The van der Waals surface area contributed by atoms with Gasteiger partial charge in [0.2, 0.25) is 5.89 Å². The molecule has 3 N–H and O–H groups in total. The fraction of sp³-hybridized carbons (Fsp3) is 0.692. The Hall–Kier alpha value is -1.44. The Morgan fingerprint density at radius 1 is 1.55 bits per heavy atom. The molecule has 1 saturated heterocycles. The second-order valence-electron chi connectivity index (χ2n) is 4.92. The standard InChI is InChI=1S/C13H22N4O3/c1-10(14)13-16-11(9-20-13)12(18)15-3-2-4-17-5-7-19-8-6-17/h9-10H,2-8,14H2,1H3,(H,15,18). The van der Waals surface area contributed by atoms with Gasteiger partial charge in [-0.3, -0.25) is 9.69 Å². The number of aromatic nitrogens is 1. The normalized spacial score (nSPS) is 17.9. The highest BCUT2D eigenvalue weighted by Crippen LogP contribution is 2.08. The van der Waals surface area contributed by atoms with Crippen molar-refractivity contribution in [1.82, 2.24) is 15.2 Å². The molecular weight excluding hydrogens is 260 g/mol. The van der Waals surface area contributed by atoms with Crippen molar-refractivity contribution >= 4 is 5.91 Å². The number of morpholine rings is 1. The van der Waals surface area contributed by atoms with Crippen molar-refractivity contribution in [2.45, 2.75) is 19.4 Å². The van der Waals surface area contributed by atoms with E-state index in [-0.39, 0.29) is 17.6 Å². The molecule has 0 saturated carbocycles. The van der Waals surface area contributed by atoms with E-state index in [1.165, 1.54) is 6.26 Å². The summed E-state index contributed by atoms with van der Waals surface area (Å²) in [7, 11) is 0. The molecule has 20 heavy (non-hydrogen) atoms. The summed E-state index contributed by atoms with van der Waals surface area (Å²) < 4.78 is 10.4. The molecule has 0 radical (unpaired) electrons. The maximum Gasteiger partial charge on any atom is 0.273 e. The zero-order valence-corrected chi connectivity index (χ0v) is 11.8. The van der Waals surface area contributed by atoms with E-state index >= 15 is 0 Å². The van der Waals surface area contributed by atoms with Crippen LogP contribution in [0.25, 0.3) is 0 Å². The second-order valence-corrected chi connectivity index (χ2v) is 4.92. The van der Waals surface area contributed by atoms with E-state index in [1.807, 2.05) is 0 Å². The molecule has 1 unspecified atom stereocenters. The molecule has 0 aliphatic carbocycles. The van der Waals surface area contributed by atoms with E-state index in [9.17, 15) is 4.79 Å². The van der Waals surface area contributed by atoms with E-state index in [2.05, 4.69) is 15.2 Å². The topological polar surface area (TPSA) is 93.6 Å². The zero-order valence-electron chi connectivity index (χ0n) is 11.8. The quantitative estimate of drug-likeness (QED) is 0.721. The van der Waals surface area contributed by atoms with Crippen LogP contribution in [-0.2, 0) is 4.74 Å². The molecule has 7 heteroatoms. The van der Waals surface area contributed by atoms with Gasteiger partial charge in [0.15, 0.2) is 5.69 Å². The van der Waals surface area contributed by atoms with Crippen molar-refractivity contribution in [3.05, 3.63) is 17.8 Å². The first-order valence-electron chi connectivity index (χ1n) is 6.96. The van der Waals surface area contributed by atoms with Gasteiger partial charge in [0, 0.05) is 19.6 Å². The number of carbonyl (C=O) groups is 1. The summed E-state index contributed by atoms with van der Waals surface area (Å²) in [5, 5.41) is 2.83. The molecule has 0 aromatic carbocycles. The Morgan fingerprint density at radius 2 is 2.30 bits per heavy atom. The molecule has 2 rings (SSSR count). The average molecular weight is 282 g/mol. The lowest BCUT2D eigenvalue weighted by Crippen LogP contribution is -2.38. The van der Waals surface area contributed by atoms with Crippen LogP contribution in [0, 0.1) is 0 Å². The van der Waals surface area contributed by atoms with E-state index in [4.69, 9.17) is 14.9 Å². The van der Waals surface area contributed by atoms with Crippen LogP contribution in [0.2, 0.25) is 0 Å². The molecule has 112 valence electrons. The molecule has 0 bridgehead atoms. The largest absolute Gasteiger partial charge is 0.446 e. The average Bonchev–Trinajstić information content (AvgIpc) is 2.94. The van der Waals surface area contributed by atoms with E-state index in [0.29, 0.717) is 12.4 Å². The van der Waals surface area contributed by atoms with Gasteiger partial charge in [0.05, 0.1) is 19.3 Å². The summed E-state index contributed by atoms with van der Waals surface area (Å²) >= 11 is 0. The van der Waals surface area contributed by atoms with E-state index < -0.39 is 0 Å². The Balaban J connectivity index is 1.66. The lowest BCUT2D eigenvalue weighted by atomic mass is 10.3. The van der Waals surface area contributed by atoms with Crippen molar-refractivity contribution in [3.8, 4) is 0 Å². The van der Waals surface area contributed by atoms with Crippen molar-refractivity contribution < 1.29 is 13.9 Å². The minimum absolute atomic E-state index is 0.220. The number of hydrogen-bond donors (Lipinski definition) is 2. The number of rotatable bonds is 6. The molecule has 1 aliphatic rings. The van der Waals surface area contributed by atoms with Gasteiger partial charge in [-0.05, 0) is 19.9 Å². The summed E-state index contributed by atoms with van der Waals surface area (Å²) in [5.41, 5.74) is 5.91. The van der Waals surface area contributed by atoms with Crippen molar-refractivity contribution in [1.29, 1.82) is 0 Å². The highest BCUT2D eigenvalue weighted by Gasteiger charge is 2.14. The van der Waals surface area contributed by atoms with Crippen molar-refractivity contribution in [3.63, 3.8) is 0 Å². The van der Waals surface area contributed by atoms with Gasteiger partial charge in [-0.1, -0.05) is 0 Å². The first kappa shape index (κ1) is 15.0. The fourth-order valence-corrected chi connectivity index (χ4v) is 2.02. The zero-order chi connectivity index (χ0) is 14.4. The first-order chi connectivity index (χ1) is 9.66. The fourth-order valence-electron chi connectivity index (χ4n) is 2.02. The number of carbonyl (C=O) groups excluding carboxylic acids is 1. The van der Waals surface area contributed by atoms with Crippen LogP contribution in [0.5, 0.6) is 0 Å². The third-order valence-electron chi connectivity index (χ3n) is 3.18. The molecule has 2 heterocycles. The molecule has 7 nitrogen and oxygen atoms in total. The van der Waals surface area contributed by atoms with Gasteiger partial charge >= 0.3 is 0 Å². The lowest BCUT2D eigenvalue weighted by Gasteiger charge is -2.26. The van der Waals surface area contributed by atoms with Crippen LogP contribution in [0.3, 0.4) is 0 Å². The van der Waals surface area contributed by atoms with Crippen LogP contribution in [0.4, 0.5) is 0 Å². The third-order valence-corrected chi connectivity index (χ3v) is 3.18. The van der Waals surface area contributed by atoms with Gasteiger partial charge < -0.3 is 20.2 Å². The predicted molar refractivity (Wildman–Crippen MR) is 73.3 cm³/mol. The second kappa shape index (κ2) is 7.37. The van der Waals surface area contributed by atoms with Gasteiger partial charge in [-0.15, -0.1) is 0 Å². The summed E-state index contributed by atoms with van der Waals surface area (Å²) in [4.78, 5) is 18.2. The van der Waals surface area contributed by atoms with Gasteiger partial charge in [0.25, 0.3) is 5.91 Å². The van der Waals surface area contributed by atoms with Crippen molar-refractivity contribution in [2.24, 2.45) is 5.73 Å². The number of nitrogens with zero attached hydrogens (tertiary/aromatic N) is 2. The summed E-state index contributed by atoms with van der Waals surface area (Å²) in [6.45, 7) is 6.88. The van der Waals surface area contributed by atoms with E-state index in [0.717, 1.165) is 39.3 Å². The Labute approximate surface area is 118 Å². The Kier molecular flexibility index (Phi) is 5.51. The van der Waals surface area contributed by atoms with Crippen LogP contribution in [0.1, 0.15) is 35.8 Å². The van der Waals surface area contributed by atoms with Crippen molar-refractivity contribution in [2.75, 3.05) is 39.4 Å². The molecule has 1 atom stereocenters. The lowest BCUT2D eigenvalue weighted by molar-refractivity contribution is 0.0374. The minimum atomic E-state index is -0.308. The molecule has 1 aliphatic heterocycles. The predicted octanol–water partition coefficient (Wildman–Crippen LogP) is 0.146. The molecular formula is C13H22N4O3. The molecule has 0 spiro atoms. The van der Waals surface area contributed by atoms with Crippen LogP contribution in [0.15, 0.2) is 10.7 Å². The molecule has 1 amide bonds. The highest BCUT2D eigenvalue weighted by molar-refractivity contribution is 5.91. The number of nitrogens with one attached hydrogen (secondary N) is 1. The Bertz CT molecular complexity index is 427. The number of nitrogens with two attached hydrogens (primary N) is 1. The number of ether oxygens (including phenoxy) is 1. The van der Waals surface area contributed by atoms with E-state index in [1.54, 1.807) is 6.92 Å². The number of hydrogen-bond acceptors (Lipinski definition) is 6. The first-order valence-corrected chi connectivity index (χ1v) is 6.96. The highest BCUT2D eigenvalue weighted by atomic mass is 16.5. The minimum Gasteiger partial charge on any atom is -0.446 e. The van der Waals surface area contributed by atoms with Crippen LogP contribution < -0.4 is 11.1 Å². The van der Waals surface area contributed by atoms with Gasteiger partial charge in [-0.25, -0.2) is 4.98 Å². The summed E-state index contributed by atoms with van der Waals surface area (Å²) in [6.07, 6.45) is 2.25. The summed E-state index contributed by atoms with van der Waals surface area (Å²) in [5.74, 6) is 0.158. The SMILES string of the molecule is CC(N)c1nc(C(=O)NCCCN2CCOCC2)co1. The number of oxazole rings is 1. The van der Waals surface area contributed by atoms with Gasteiger partial charge in [-0.2, -0.15) is 0 Å². The van der Waals surface area contributed by atoms with Crippen LogP contribution >= 0.6 is 0 Å². The maximum absolute atomic E-state index is 11.8. The number of amides is 1. The molecule has 1 fully saturated rings. The molecule has 1 aromatic heterocycles. The smallest absolute Gasteiger partial charge is 0.273 e. The monoisotopic (exact) mass is 282 g/mol. The molecule has 1 aromatic rings. The van der Waals surface area contributed by atoms with Gasteiger partial charge in [0.1, 0.15) is 6.26 Å². The Morgan fingerprint density at radius 3 is 2.95 bits per heavy atom. The maximum atomic E-state index is 11.8. The third kappa shape index (κ3) is 4.29.